The molecule has 0 atom stereocenters. The number of rotatable bonds is 4. The van der Waals surface area contributed by atoms with Gasteiger partial charge in [-0.2, -0.15) is 0 Å². The van der Waals surface area contributed by atoms with Crippen molar-refractivity contribution in [3.8, 4) is 44.5 Å². The third-order valence-corrected chi connectivity index (χ3v) is 9.09. The Hall–Kier alpha value is -6.44. The van der Waals surface area contributed by atoms with Crippen molar-refractivity contribution < 1.29 is 23.6 Å². The van der Waals surface area contributed by atoms with Gasteiger partial charge in [-0.1, -0.05) is 157 Å². The molecule has 49 heavy (non-hydrogen) atoms. The molecule has 1 heteroatoms. The molecule has 1 heterocycles. The molecule has 1 nitrogen and oxygen atoms in total. The Balaban J connectivity index is 1.41. The Kier molecular flexibility index (Phi) is 3.87. The summed E-state index contributed by atoms with van der Waals surface area (Å²) in [6, 6.07) is 21.8. The molecule has 10 rings (SSSR count). The molecule has 0 aliphatic carbocycles. The van der Waals surface area contributed by atoms with Gasteiger partial charge in [0.2, 0.25) is 0 Å². The van der Waals surface area contributed by atoms with Crippen molar-refractivity contribution in [3.63, 3.8) is 0 Å². The van der Waals surface area contributed by atoms with E-state index >= 15 is 0 Å². The van der Waals surface area contributed by atoms with E-state index in [0.29, 0.717) is 38.3 Å². The molecular weight excluding hydrogens is 593 g/mol. The highest BCUT2D eigenvalue weighted by Gasteiger charge is 2.21. The lowest BCUT2D eigenvalue weighted by Crippen LogP contribution is -1.92. The fourth-order valence-corrected chi connectivity index (χ4v) is 7.02. The van der Waals surface area contributed by atoms with Crippen molar-refractivity contribution in [1.82, 2.24) is 0 Å². The molecular formula is C48H30O. The van der Waals surface area contributed by atoms with Gasteiger partial charge in [-0.3, -0.25) is 0 Å². The molecule has 0 N–H and O–H groups in total. The second kappa shape index (κ2) is 11.1. The summed E-state index contributed by atoms with van der Waals surface area (Å²) in [5.74, 6) is 0. The van der Waals surface area contributed by atoms with Crippen molar-refractivity contribution in [2.45, 2.75) is 0 Å². The molecule has 0 bridgehead atoms. The zero-order chi connectivity index (χ0) is 44.5. The lowest BCUT2D eigenvalue weighted by atomic mass is 9.83. The molecule has 0 aliphatic rings. The molecule has 0 unspecified atom stereocenters. The van der Waals surface area contributed by atoms with Crippen LogP contribution in [0.1, 0.15) is 19.2 Å². The van der Waals surface area contributed by atoms with Gasteiger partial charge in [-0.05, 0) is 95.7 Å². The fourth-order valence-electron chi connectivity index (χ4n) is 7.02. The number of hydrogen-bond donors (Lipinski definition) is 0. The first kappa shape index (κ1) is 17.1. The van der Waals surface area contributed by atoms with Gasteiger partial charge in [0.05, 0.1) is 19.2 Å². The Labute approximate surface area is 304 Å². The first-order valence-electron chi connectivity index (χ1n) is 22.7. The van der Waals surface area contributed by atoms with Gasteiger partial charge >= 0.3 is 0 Å². The molecule has 9 aromatic carbocycles. The Morgan fingerprint density at radius 2 is 1.04 bits per heavy atom. The first-order chi connectivity index (χ1) is 30.1. The predicted molar refractivity (Wildman–Crippen MR) is 208 cm³/mol. The topological polar surface area (TPSA) is 13.1 Å². The van der Waals surface area contributed by atoms with E-state index in [4.69, 9.17) is 20.9 Å². The van der Waals surface area contributed by atoms with Gasteiger partial charge < -0.3 is 4.42 Å². The minimum Gasteiger partial charge on any atom is -0.455 e. The van der Waals surface area contributed by atoms with E-state index in [0.717, 1.165) is 27.1 Å². The molecule has 0 amide bonds. The summed E-state index contributed by atoms with van der Waals surface area (Å²) < 4.78 is 129. The first-order valence-corrected chi connectivity index (χ1v) is 15.7. The summed E-state index contributed by atoms with van der Waals surface area (Å²) >= 11 is 0. The van der Waals surface area contributed by atoms with Crippen LogP contribution < -0.4 is 0 Å². The van der Waals surface area contributed by atoms with Crippen LogP contribution in [0.5, 0.6) is 0 Å². The fraction of sp³-hybridized carbons (Fsp3) is 0. The second-order valence-corrected chi connectivity index (χ2v) is 11.8. The molecule has 228 valence electrons. The summed E-state index contributed by atoms with van der Waals surface area (Å²) in [6.45, 7) is 0. The van der Waals surface area contributed by atoms with Crippen molar-refractivity contribution in [1.29, 1.82) is 0 Å². The Morgan fingerprint density at radius 1 is 0.408 bits per heavy atom. The van der Waals surface area contributed by atoms with Crippen LogP contribution in [0.4, 0.5) is 0 Å². The predicted octanol–water partition coefficient (Wildman–Crippen LogP) is 13.7. The van der Waals surface area contributed by atoms with E-state index in [2.05, 4.69) is 0 Å². The SMILES string of the molecule is [2H]c1c([2H])c([2H])c(-c2ccc3c(-c4cccc5oc6c7ccccc7ccc6c45)c4ccccc4c(-c4c([2H])c([2H])c([2H])c(-c5c([2H])c([2H])c([2H])c([2H])c5[2H])c4[2H])c3c2)c([2H])c1[2H]. The van der Waals surface area contributed by atoms with Crippen molar-refractivity contribution in [2.75, 3.05) is 0 Å². The van der Waals surface area contributed by atoms with Gasteiger partial charge in [-0.15, -0.1) is 0 Å². The van der Waals surface area contributed by atoms with E-state index < -0.39 is 95.7 Å². The summed E-state index contributed by atoms with van der Waals surface area (Å²) in [5.41, 5.74) is 2.12. The van der Waals surface area contributed by atoms with E-state index in [-0.39, 0.29) is 22.3 Å². The molecule has 0 saturated heterocycles. The highest BCUT2D eigenvalue weighted by Crippen LogP contribution is 2.48. The maximum Gasteiger partial charge on any atom is 0.143 e. The van der Waals surface area contributed by atoms with Crippen LogP contribution in [-0.4, -0.2) is 0 Å². The quantitative estimate of drug-likeness (QED) is 0.175. The normalized spacial score (nSPS) is 15.7. The summed E-state index contributed by atoms with van der Waals surface area (Å²) in [5, 5.41) is 5.65. The molecule has 0 aliphatic heterocycles. The molecule has 0 fully saturated rings. The number of hydrogen-bond acceptors (Lipinski definition) is 1. The van der Waals surface area contributed by atoms with Gasteiger partial charge in [-0.25, -0.2) is 0 Å². The maximum atomic E-state index is 9.76. The van der Waals surface area contributed by atoms with Crippen LogP contribution in [0.2, 0.25) is 0 Å². The molecule has 0 saturated carbocycles. The third kappa shape index (κ3) is 4.40. The zero-order valence-electron chi connectivity index (χ0n) is 39.6. The highest BCUT2D eigenvalue weighted by molar-refractivity contribution is 6.27. The van der Waals surface area contributed by atoms with Crippen LogP contribution in [-0.2, 0) is 0 Å². The highest BCUT2D eigenvalue weighted by atomic mass is 16.3. The largest absolute Gasteiger partial charge is 0.455 e. The van der Waals surface area contributed by atoms with Crippen LogP contribution >= 0.6 is 0 Å². The molecule has 0 spiro atoms. The van der Waals surface area contributed by atoms with Crippen molar-refractivity contribution >= 4 is 54.3 Å². The Bertz CT molecular complexity index is 3630. The second-order valence-electron chi connectivity index (χ2n) is 11.8. The van der Waals surface area contributed by atoms with E-state index in [1.54, 1.807) is 30.3 Å². The monoisotopic (exact) mass is 636 g/mol. The van der Waals surface area contributed by atoms with Crippen molar-refractivity contribution in [2.24, 2.45) is 0 Å². The van der Waals surface area contributed by atoms with E-state index in [1.807, 2.05) is 66.7 Å². The average Bonchev–Trinajstić information content (AvgIpc) is 3.69. The van der Waals surface area contributed by atoms with Crippen molar-refractivity contribution in [3.05, 3.63) is 182 Å². The van der Waals surface area contributed by atoms with Crippen LogP contribution in [0.25, 0.3) is 98.8 Å². The minimum absolute atomic E-state index is 0.0851. The molecule has 1 aromatic heterocycles. The summed E-state index contributed by atoms with van der Waals surface area (Å²) in [7, 11) is 0. The van der Waals surface area contributed by atoms with Crippen LogP contribution in [0, 0.1) is 0 Å². The van der Waals surface area contributed by atoms with E-state index in [9.17, 15) is 2.74 Å². The van der Waals surface area contributed by atoms with Gasteiger partial charge in [0.1, 0.15) is 11.2 Å². The number of benzene rings is 9. The average molecular weight is 637 g/mol. The standard InChI is InChI=1S/C48H30O/c1-3-13-31(14-4-1)34-18-11-19-36(29-34)45-38-21-9-10-22-39(38)46(40-27-26-35(30-43(40)45)32-15-5-2-6-16-32)41-23-12-24-44-47(41)42-28-25-33-17-7-8-20-37(33)48(42)49-44/h1-30H/i1D,2D,3D,4D,5D,6D,11D,13D,14D,15D,16D,18D,19D,29D. The lowest BCUT2D eigenvalue weighted by Gasteiger charge is -2.19. The van der Waals surface area contributed by atoms with Crippen LogP contribution in [0.3, 0.4) is 0 Å². The van der Waals surface area contributed by atoms with Gasteiger partial charge in [0.25, 0.3) is 0 Å². The van der Waals surface area contributed by atoms with Gasteiger partial charge in [0, 0.05) is 16.2 Å². The summed E-state index contributed by atoms with van der Waals surface area (Å²) in [6.07, 6.45) is 0. The maximum absolute atomic E-state index is 9.76. The van der Waals surface area contributed by atoms with Crippen LogP contribution in [0.15, 0.2) is 186 Å². The summed E-state index contributed by atoms with van der Waals surface area (Å²) in [4.78, 5) is 0. The van der Waals surface area contributed by atoms with Gasteiger partial charge in [0.15, 0.2) is 0 Å². The number of furan rings is 1. The lowest BCUT2D eigenvalue weighted by molar-refractivity contribution is 0.673. The molecule has 10 aromatic rings. The van der Waals surface area contributed by atoms with E-state index in [1.165, 1.54) is 0 Å². The number of fused-ring (bicyclic) bond motifs is 7. The minimum atomic E-state index is -0.690. The Morgan fingerprint density at radius 3 is 1.84 bits per heavy atom. The molecule has 0 radical (unpaired) electrons. The zero-order valence-corrected chi connectivity index (χ0v) is 25.6. The smallest absolute Gasteiger partial charge is 0.143 e. The third-order valence-electron chi connectivity index (χ3n) is 9.09.